The van der Waals surface area contributed by atoms with Crippen LogP contribution in [-0.2, 0) is 12.3 Å². The molecule has 5 nitrogen and oxygen atoms in total. The number of aryl methyl sites for hydroxylation is 1. The number of nitrogens with zero attached hydrogens (tertiary/aromatic N) is 2. The number of thioether (sulfide) groups is 1. The van der Waals surface area contributed by atoms with Crippen LogP contribution in [0.1, 0.15) is 11.1 Å². The Labute approximate surface area is 173 Å². The van der Waals surface area contributed by atoms with Gasteiger partial charge in [-0.2, -0.15) is 0 Å². The molecule has 0 atom stereocenters. The van der Waals surface area contributed by atoms with Crippen LogP contribution in [0.3, 0.4) is 0 Å². The molecule has 0 saturated carbocycles. The summed E-state index contributed by atoms with van der Waals surface area (Å²) in [7, 11) is 0. The normalized spacial score (nSPS) is 11.4. The fourth-order valence-electron chi connectivity index (χ4n) is 2.94. The molecule has 28 heavy (non-hydrogen) atoms. The van der Waals surface area contributed by atoms with E-state index in [4.69, 9.17) is 16.0 Å². The maximum Gasteiger partial charge on any atom is 0.336 e. The minimum Gasteiger partial charge on any atom is -0.423 e. The average Bonchev–Trinajstić information content (AvgIpc) is 3.12. The molecule has 4 aromatic rings. The molecular weight excluding hydrogens is 416 g/mol. The number of hydrogen-bond donors (Lipinski definition) is 0. The van der Waals surface area contributed by atoms with Gasteiger partial charge in [-0.25, -0.2) is 9.78 Å². The number of thiophene rings is 1. The predicted octanol–water partition coefficient (Wildman–Crippen LogP) is 5.00. The molecule has 0 radical (unpaired) electrons. The molecule has 8 heteroatoms. The van der Waals surface area contributed by atoms with Crippen molar-refractivity contribution in [3.63, 3.8) is 0 Å². The third-order valence-electron chi connectivity index (χ3n) is 4.33. The van der Waals surface area contributed by atoms with Gasteiger partial charge in [0.25, 0.3) is 5.56 Å². The Balaban J connectivity index is 1.78. The van der Waals surface area contributed by atoms with E-state index in [1.807, 2.05) is 12.3 Å². The number of hydrogen-bond acceptors (Lipinski definition) is 6. The van der Waals surface area contributed by atoms with Gasteiger partial charge in [-0.15, -0.1) is 17.9 Å². The summed E-state index contributed by atoms with van der Waals surface area (Å²) in [6, 6.07) is 6.80. The van der Waals surface area contributed by atoms with Crippen molar-refractivity contribution in [2.45, 2.75) is 24.4 Å². The van der Waals surface area contributed by atoms with E-state index in [2.05, 4.69) is 11.6 Å². The van der Waals surface area contributed by atoms with Crippen molar-refractivity contribution in [1.82, 2.24) is 9.55 Å². The van der Waals surface area contributed by atoms with Gasteiger partial charge in [-0.1, -0.05) is 29.4 Å². The molecule has 0 aliphatic heterocycles. The fraction of sp³-hybridized carbons (Fsp3) is 0.150. The van der Waals surface area contributed by atoms with Crippen molar-refractivity contribution in [2.24, 2.45) is 0 Å². The first-order chi connectivity index (χ1) is 13.5. The lowest BCUT2D eigenvalue weighted by atomic mass is 10.1. The molecule has 0 bridgehead atoms. The minimum absolute atomic E-state index is 0.0928. The number of aromatic nitrogens is 2. The molecule has 4 rings (SSSR count). The van der Waals surface area contributed by atoms with E-state index in [9.17, 15) is 9.59 Å². The second-order valence-corrected chi connectivity index (χ2v) is 8.46. The van der Waals surface area contributed by atoms with E-state index in [1.165, 1.54) is 29.2 Å². The molecule has 0 aliphatic carbocycles. The molecule has 0 aliphatic rings. The summed E-state index contributed by atoms with van der Waals surface area (Å²) >= 11 is 9.08. The SMILES string of the molecule is C=CCn1c(SCc2cc(=O)oc3cc(C)c(Cl)cc23)nc2sccc2c1=O. The summed E-state index contributed by atoms with van der Waals surface area (Å²) in [5.74, 6) is 0.446. The van der Waals surface area contributed by atoms with Gasteiger partial charge in [0.05, 0.1) is 5.39 Å². The molecule has 0 unspecified atom stereocenters. The summed E-state index contributed by atoms with van der Waals surface area (Å²) in [5, 5.41) is 4.42. The molecule has 3 heterocycles. The van der Waals surface area contributed by atoms with E-state index in [1.54, 1.807) is 28.8 Å². The average molecular weight is 431 g/mol. The van der Waals surface area contributed by atoms with Crippen molar-refractivity contribution in [1.29, 1.82) is 0 Å². The third-order valence-corrected chi connectivity index (χ3v) is 6.57. The van der Waals surface area contributed by atoms with Crippen molar-refractivity contribution < 1.29 is 4.42 Å². The molecule has 0 saturated heterocycles. The van der Waals surface area contributed by atoms with Crippen LogP contribution in [0.15, 0.2) is 61.5 Å². The van der Waals surface area contributed by atoms with Crippen LogP contribution in [0.2, 0.25) is 5.02 Å². The Morgan fingerprint density at radius 3 is 2.93 bits per heavy atom. The Bertz CT molecular complexity index is 1340. The molecule has 142 valence electrons. The van der Waals surface area contributed by atoms with E-state index in [0.29, 0.717) is 38.3 Å². The zero-order valence-corrected chi connectivity index (χ0v) is 17.3. The van der Waals surface area contributed by atoms with Crippen LogP contribution in [0.4, 0.5) is 0 Å². The Kier molecular flexibility index (Phi) is 5.14. The Hall–Kier alpha value is -2.35. The first-order valence-electron chi connectivity index (χ1n) is 8.42. The van der Waals surface area contributed by atoms with Gasteiger partial charge in [0.15, 0.2) is 5.16 Å². The third kappa shape index (κ3) is 3.41. The minimum atomic E-state index is -0.421. The molecule has 3 aromatic heterocycles. The number of allylic oxidation sites excluding steroid dienone is 1. The highest BCUT2D eigenvalue weighted by molar-refractivity contribution is 7.98. The summed E-state index contributed by atoms with van der Waals surface area (Å²) < 4.78 is 6.91. The van der Waals surface area contributed by atoms with Crippen LogP contribution in [-0.4, -0.2) is 9.55 Å². The highest BCUT2D eigenvalue weighted by atomic mass is 35.5. The lowest BCUT2D eigenvalue weighted by Gasteiger charge is -2.11. The quantitative estimate of drug-likeness (QED) is 0.193. The topological polar surface area (TPSA) is 65.1 Å². The van der Waals surface area contributed by atoms with Crippen LogP contribution >= 0.6 is 34.7 Å². The van der Waals surface area contributed by atoms with Crippen molar-refractivity contribution in [3.05, 3.63) is 79.2 Å². The first-order valence-corrected chi connectivity index (χ1v) is 10.7. The van der Waals surface area contributed by atoms with Crippen molar-refractivity contribution in [2.75, 3.05) is 0 Å². The number of benzene rings is 1. The van der Waals surface area contributed by atoms with E-state index in [0.717, 1.165) is 16.5 Å². The van der Waals surface area contributed by atoms with E-state index >= 15 is 0 Å². The summed E-state index contributed by atoms with van der Waals surface area (Å²) in [6.07, 6.45) is 1.67. The van der Waals surface area contributed by atoms with Gasteiger partial charge in [0.2, 0.25) is 0 Å². The van der Waals surface area contributed by atoms with Crippen molar-refractivity contribution in [3.8, 4) is 0 Å². The highest BCUT2D eigenvalue weighted by Crippen LogP contribution is 2.30. The number of fused-ring (bicyclic) bond motifs is 2. The van der Waals surface area contributed by atoms with Crippen LogP contribution < -0.4 is 11.2 Å². The Morgan fingerprint density at radius 2 is 2.14 bits per heavy atom. The molecule has 1 aromatic carbocycles. The molecule has 0 amide bonds. The standard InChI is InChI=1S/C20H15ClN2O3S2/c1-3-5-23-19(25)13-4-6-27-18(13)22-20(23)28-10-12-8-17(24)26-16-7-11(2)15(21)9-14(12)16/h3-4,6-9H,1,5,10H2,2H3. The Morgan fingerprint density at radius 1 is 1.32 bits per heavy atom. The molecule has 0 spiro atoms. The maximum atomic E-state index is 12.7. The van der Waals surface area contributed by atoms with Crippen LogP contribution in [0.5, 0.6) is 0 Å². The summed E-state index contributed by atoms with van der Waals surface area (Å²) in [5.41, 5.74) is 1.60. The second-order valence-electron chi connectivity index (χ2n) is 6.22. The van der Waals surface area contributed by atoms with Crippen LogP contribution in [0.25, 0.3) is 21.2 Å². The molecule has 0 N–H and O–H groups in total. The highest BCUT2D eigenvalue weighted by Gasteiger charge is 2.14. The predicted molar refractivity (Wildman–Crippen MR) is 116 cm³/mol. The van der Waals surface area contributed by atoms with Gasteiger partial charge in [-0.3, -0.25) is 9.36 Å². The van der Waals surface area contributed by atoms with Gasteiger partial charge >= 0.3 is 5.63 Å². The first kappa shape index (κ1) is 19.0. The summed E-state index contributed by atoms with van der Waals surface area (Å²) in [6.45, 7) is 5.95. The van der Waals surface area contributed by atoms with Gasteiger partial charge in [0, 0.05) is 28.8 Å². The monoisotopic (exact) mass is 430 g/mol. The van der Waals surface area contributed by atoms with E-state index < -0.39 is 5.63 Å². The van der Waals surface area contributed by atoms with Gasteiger partial charge in [-0.05, 0) is 41.6 Å². The fourth-order valence-corrected chi connectivity index (χ4v) is 4.91. The zero-order valence-electron chi connectivity index (χ0n) is 14.9. The smallest absolute Gasteiger partial charge is 0.336 e. The lowest BCUT2D eigenvalue weighted by molar-refractivity contribution is 0.559. The zero-order chi connectivity index (χ0) is 19.8. The summed E-state index contributed by atoms with van der Waals surface area (Å²) in [4.78, 5) is 30.1. The van der Waals surface area contributed by atoms with E-state index in [-0.39, 0.29) is 5.56 Å². The maximum absolute atomic E-state index is 12.7. The van der Waals surface area contributed by atoms with Crippen molar-refractivity contribution >= 4 is 55.9 Å². The van der Waals surface area contributed by atoms with Gasteiger partial charge in [0.1, 0.15) is 10.4 Å². The molecular formula is C20H15ClN2O3S2. The molecule has 0 fully saturated rings. The number of halogens is 1. The van der Waals surface area contributed by atoms with Crippen LogP contribution in [0, 0.1) is 6.92 Å². The number of rotatable bonds is 5. The second kappa shape index (κ2) is 7.58. The van der Waals surface area contributed by atoms with Gasteiger partial charge < -0.3 is 4.42 Å². The largest absolute Gasteiger partial charge is 0.423 e. The lowest BCUT2D eigenvalue weighted by Crippen LogP contribution is -2.22.